The summed E-state index contributed by atoms with van der Waals surface area (Å²) in [4.78, 5) is 36.6. The first-order chi connectivity index (χ1) is 7.81. The van der Waals surface area contributed by atoms with Crippen molar-refractivity contribution in [2.24, 2.45) is 0 Å². The van der Waals surface area contributed by atoms with Crippen LogP contribution in [0.15, 0.2) is 0 Å². The highest BCUT2D eigenvalue weighted by atomic mass is 16.5. The van der Waals surface area contributed by atoms with E-state index in [1.807, 2.05) is 13.8 Å². The van der Waals surface area contributed by atoms with Gasteiger partial charge in [0.2, 0.25) is 5.91 Å². The molecular formula is C12H19NO4. The van der Waals surface area contributed by atoms with Gasteiger partial charge in [-0.25, -0.2) is 4.79 Å². The van der Waals surface area contributed by atoms with Crippen LogP contribution < -0.4 is 0 Å². The van der Waals surface area contributed by atoms with E-state index >= 15 is 0 Å². The predicted octanol–water partition coefficient (Wildman–Crippen LogP) is 0.908. The van der Waals surface area contributed by atoms with Gasteiger partial charge in [-0.2, -0.15) is 0 Å². The lowest BCUT2D eigenvalue weighted by Crippen LogP contribution is -2.62. The Hall–Kier alpha value is -1.39. The largest absolute Gasteiger partial charge is 0.464 e. The van der Waals surface area contributed by atoms with E-state index in [-0.39, 0.29) is 18.3 Å². The first-order valence-electron chi connectivity index (χ1n) is 5.80. The fourth-order valence-corrected chi connectivity index (χ4v) is 2.25. The zero-order chi connectivity index (χ0) is 13.2. The van der Waals surface area contributed by atoms with Crippen LogP contribution in [0.3, 0.4) is 0 Å². The van der Waals surface area contributed by atoms with Gasteiger partial charge < -0.3 is 9.64 Å². The molecule has 0 radical (unpaired) electrons. The molecule has 1 saturated heterocycles. The van der Waals surface area contributed by atoms with Gasteiger partial charge in [0, 0.05) is 18.9 Å². The maximum atomic E-state index is 11.8. The fraction of sp³-hybridized carbons (Fsp3) is 0.750. The van der Waals surface area contributed by atoms with Gasteiger partial charge in [0.05, 0.1) is 6.61 Å². The third-order valence-corrected chi connectivity index (χ3v) is 3.05. The number of ether oxygens (including phenoxy) is 1. The van der Waals surface area contributed by atoms with Gasteiger partial charge in [-0.15, -0.1) is 0 Å². The second kappa shape index (κ2) is 4.85. The standard InChI is InChI=1S/C12H19NO4/c1-5-17-11(16)10-9(15)6-7-12(3,4)13(10)8(2)14/h10H,5-7H2,1-4H3. The second-order valence-electron chi connectivity index (χ2n) is 4.82. The summed E-state index contributed by atoms with van der Waals surface area (Å²) < 4.78 is 4.87. The molecule has 0 aromatic heterocycles. The Morgan fingerprint density at radius 3 is 2.53 bits per heavy atom. The quantitative estimate of drug-likeness (QED) is 0.532. The summed E-state index contributed by atoms with van der Waals surface area (Å²) in [7, 11) is 0. The molecule has 1 amide bonds. The van der Waals surface area contributed by atoms with E-state index in [0.29, 0.717) is 12.8 Å². The highest BCUT2D eigenvalue weighted by Crippen LogP contribution is 2.30. The Balaban J connectivity index is 3.06. The lowest BCUT2D eigenvalue weighted by Gasteiger charge is -2.45. The van der Waals surface area contributed by atoms with Gasteiger partial charge in [-0.1, -0.05) is 0 Å². The fourth-order valence-electron chi connectivity index (χ4n) is 2.25. The molecule has 0 bridgehead atoms. The summed E-state index contributed by atoms with van der Waals surface area (Å²) in [6.45, 7) is 6.95. The molecule has 1 aliphatic heterocycles. The number of hydrogen-bond donors (Lipinski definition) is 0. The van der Waals surface area contributed by atoms with E-state index in [4.69, 9.17) is 4.74 Å². The number of carbonyl (C=O) groups excluding carboxylic acids is 3. The van der Waals surface area contributed by atoms with Crippen LogP contribution in [-0.2, 0) is 19.1 Å². The number of rotatable bonds is 2. The van der Waals surface area contributed by atoms with E-state index in [1.165, 1.54) is 11.8 Å². The zero-order valence-electron chi connectivity index (χ0n) is 10.8. The smallest absolute Gasteiger partial charge is 0.336 e. The van der Waals surface area contributed by atoms with Crippen molar-refractivity contribution in [2.75, 3.05) is 6.61 Å². The molecule has 0 aromatic rings. The molecule has 0 saturated carbocycles. The van der Waals surface area contributed by atoms with Gasteiger partial charge in [-0.05, 0) is 27.2 Å². The van der Waals surface area contributed by atoms with Crippen LogP contribution in [-0.4, -0.2) is 40.7 Å². The van der Waals surface area contributed by atoms with Crippen LogP contribution in [0.25, 0.3) is 0 Å². The Morgan fingerprint density at radius 1 is 1.47 bits per heavy atom. The number of piperidine rings is 1. The maximum Gasteiger partial charge on any atom is 0.336 e. The molecule has 1 fully saturated rings. The first kappa shape index (κ1) is 13.7. The molecule has 1 unspecified atom stereocenters. The molecule has 0 aliphatic carbocycles. The Labute approximate surface area is 101 Å². The molecule has 1 heterocycles. The zero-order valence-corrected chi connectivity index (χ0v) is 10.8. The molecule has 1 rings (SSSR count). The molecular weight excluding hydrogens is 222 g/mol. The van der Waals surface area contributed by atoms with E-state index in [1.54, 1.807) is 6.92 Å². The van der Waals surface area contributed by atoms with Crippen LogP contribution in [0.1, 0.15) is 40.5 Å². The number of ketones is 1. The molecule has 0 aromatic carbocycles. The van der Waals surface area contributed by atoms with E-state index in [0.717, 1.165) is 0 Å². The van der Waals surface area contributed by atoms with Gasteiger partial charge in [0.25, 0.3) is 0 Å². The van der Waals surface area contributed by atoms with Gasteiger partial charge in [0.15, 0.2) is 11.8 Å². The molecule has 0 spiro atoms. The average molecular weight is 241 g/mol. The predicted molar refractivity (Wildman–Crippen MR) is 61.3 cm³/mol. The molecule has 1 aliphatic rings. The summed E-state index contributed by atoms with van der Waals surface area (Å²) in [6, 6.07) is -1.07. The van der Waals surface area contributed by atoms with Crippen molar-refractivity contribution in [3.63, 3.8) is 0 Å². The number of likely N-dealkylation sites (tertiary alicyclic amines) is 1. The van der Waals surface area contributed by atoms with Crippen molar-refractivity contribution < 1.29 is 19.1 Å². The maximum absolute atomic E-state index is 11.8. The SMILES string of the molecule is CCOC(=O)C1C(=O)CCC(C)(C)N1C(C)=O. The van der Waals surface area contributed by atoms with Crippen molar-refractivity contribution in [1.29, 1.82) is 0 Å². The number of nitrogens with zero attached hydrogens (tertiary/aromatic N) is 1. The van der Waals surface area contributed by atoms with E-state index in [2.05, 4.69) is 0 Å². The summed E-state index contributed by atoms with van der Waals surface area (Å²) >= 11 is 0. The van der Waals surface area contributed by atoms with Crippen LogP contribution in [0, 0.1) is 0 Å². The van der Waals surface area contributed by atoms with Crippen molar-refractivity contribution >= 4 is 17.7 Å². The number of esters is 1. The molecule has 96 valence electrons. The van der Waals surface area contributed by atoms with E-state index in [9.17, 15) is 14.4 Å². The highest BCUT2D eigenvalue weighted by Gasteiger charge is 2.46. The van der Waals surface area contributed by atoms with Gasteiger partial charge in [0.1, 0.15) is 0 Å². The van der Waals surface area contributed by atoms with Crippen molar-refractivity contribution in [1.82, 2.24) is 4.90 Å². The minimum absolute atomic E-state index is 0.203. The van der Waals surface area contributed by atoms with Crippen molar-refractivity contribution in [2.45, 2.75) is 52.1 Å². The van der Waals surface area contributed by atoms with Crippen LogP contribution in [0.5, 0.6) is 0 Å². The van der Waals surface area contributed by atoms with Crippen molar-refractivity contribution in [3.8, 4) is 0 Å². The second-order valence-corrected chi connectivity index (χ2v) is 4.82. The molecule has 5 heteroatoms. The first-order valence-corrected chi connectivity index (χ1v) is 5.80. The van der Waals surface area contributed by atoms with Gasteiger partial charge in [-0.3, -0.25) is 9.59 Å². The van der Waals surface area contributed by atoms with Gasteiger partial charge >= 0.3 is 5.97 Å². The minimum atomic E-state index is -1.07. The average Bonchev–Trinajstić information content (AvgIpc) is 2.20. The number of carbonyl (C=O) groups is 3. The Kier molecular flexibility index (Phi) is 3.91. The minimum Gasteiger partial charge on any atom is -0.464 e. The third-order valence-electron chi connectivity index (χ3n) is 3.05. The highest BCUT2D eigenvalue weighted by molar-refractivity contribution is 6.06. The van der Waals surface area contributed by atoms with Crippen LogP contribution >= 0.6 is 0 Å². The van der Waals surface area contributed by atoms with Crippen LogP contribution in [0.2, 0.25) is 0 Å². The third kappa shape index (κ3) is 2.65. The number of amides is 1. The summed E-state index contributed by atoms with van der Waals surface area (Å²) in [5.74, 6) is -1.14. The molecule has 5 nitrogen and oxygen atoms in total. The lowest BCUT2D eigenvalue weighted by atomic mass is 9.85. The number of hydrogen-bond acceptors (Lipinski definition) is 4. The Morgan fingerprint density at radius 2 is 2.06 bits per heavy atom. The summed E-state index contributed by atoms with van der Waals surface area (Å²) in [5, 5.41) is 0. The topological polar surface area (TPSA) is 63.7 Å². The monoisotopic (exact) mass is 241 g/mol. The molecule has 17 heavy (non-hydrogen) atoms. The van der Waals surface area contributed by atoms with Crippen LogP contribution in [0.4, 0.5) is 0 Å². The summed E-state index contributed by atoms with van der Waals surface area (Å²) in [6.07, 6.45) is 0.877. The van der Waals surface area contributed by atoms with Crippen molar-refractivity contribution in [3.05, 3.63) is 0 Å². The number of Topliss-reactive ketones (excluding diaryl/α,β-unsaturated/α-hetero) is 1. The lowest BCUT2D eigenvalue weighted by molar-refractivity contribution is -0.166. The summed E-state index contributed by atoms with van der Waals surface area (Å²) in [5.41, 5.74) is -0.489. The molecule has 1 atom stereocenters. The van der Waals surface area contributed by atoms with E-state index < -0.39 is 17.6 Å². The molecule has 0 N–H and O–H groups in total. The normalized spacial score (nSPS) is 23.4. The Bertz CT molecular complexity index is 348.